The molecule has 1 heterocycles. The van der Waals surface area contributed by atoms with Crippen LogP contribution < -0.4 is 10.1 Å². The van der Waals surface area contributed by atoms with E-state index in [9.17, 15) is 9.36 Å². The third kappa shape index (κ3) is 6.86. The molecule has 2 aromatic rings. The fourth-order valence-corrected chi connectivity index (χ4v) is 8.84. The van der Waals surface area contributed by atoms with Gasteiger partial charge in [0, 0.05) is 22.9 Å². The minimum Gasteiger partial charge on any atom is -0.467 e. The maximum absolute atomic E-state index is 12.9. The molecule has 3 aliphatic rings. The van der Waals surface area contributed by atoms with Gasteiger partial charge in [-0.05, 0) is 97.3 Å². The summed E-state index contributed by atoms with van der Waals surface area (Å²) in [5.74, 6) is 2.14. The molecule has 3 aliphatic carbocycles. The van der Waals surface area contributed by atoms with Crippen molar-refractivity contribution in [3.63, 3.8) is 0 Å². The molecule has 0 spiro atoms. The van der Waals surface area contributed by atoms with Gasteiger partial charge in [-0.3, -0.25) is 4.79 Å². The Morgan fingerprint density at radius 2 is 2.05 bits per heavy atom. The summed E-state index contributed by atoms with van der Waals surface area (Å²) in [6.07, 6.45) is 7.79. The molecule has 1 aromatic heterocycles. The zero-order valence-electron chi connectivity index (χ0n) is 25.9. The van der Waals surface area contributed by atoms with Crippen LogP contribution in [0.1, 0.15) is 93.7 Å². The van der Waals surface area contributed by atoms with Crippen LogP contribution in [0, 0.1) is 30.1 Å². The Hall–Kier alpha value is -2.30. The number of fused-ring (bicyclic) bond motifs is 5. The molecule has 5 rings (SSSR count). The number of amides is 1. The minimum absolute atomic E-state index is 0.000360. The van der Waals surface area contributed by atoms with E-state index < -0.39 is 14.6 Å². The summed E-state index contributed by atoms with van der Waals surface area (Å²) >= 11 is 1.49. The zero-order valence-corrected chi connectivity index (χ0v) is 27.6. The van der Waals surface area contributed by atoms with Crippen molar-refractivity contribution in [1.29, 1.82) is 0 Å². The molecule has 1 amide bonds. The normalized spacial score (nSPS) is 27.8. The molecule has 1 aromatic carbocycles. The molecule has 2 saturated carbocycles. The fourth-order valence-electron chi connectivity index (χ4n) is 7.97. The smallest absolute Gasteiger partial charge is 0.467 e. The number of aryl methyl sites for hydroxylation is 2. The summed E-state index contributed by atoms with van der Waals surface area (Å²) in [4.78, 5) is 41.8. The maximum atomic E-state index is 12.9. The Labute approximate surface area is 257 Å². The third-order valence-electron chi connectivity index (χ3n) is 9.75. The lowest BCUT2D eigenvalue weighted by molar-refractivity contribution is -0.116. The van der Waals surface area contributed by atoms with E-state index in [0.717, 1.165) is 54.7 Å². The number of nitrogens with one attached hydrogen (secondary N) is 1. The summed E-state index contributed by atoms with van der Waals surface area (Å²) in [6, 6.07) is 4.32. The molecule has 236 valence electrons. The van der Waals surface area contributed by atoms with Crippen LogP contribution in [0.25, 0.3) is 0 Å². The van der Waals surface area contributed by atoms with Gasteiger partial charge in [-0.25, -0.2) is 14.1 Å². The van der Waals surface area contributed by atoms with Crippen molar-refractivity contribution in [2.45, 2.75) is 90.9 Å². The number of hydrogen-bond acceptors (Lipinski definition) is 8. The quantitative estimate of drug-likeness (QED) is 0.158. The summed E-state index contributed by atoms with van der Waals surface area (Å²) in [5.41, 5.74) is 4.36. The van der Waals surface area contributed by atoms with Crippen molar-refractivity contribution in [3.05, 3.63) is 39.9 Å². The van der Waals surface area contributed by atoms with Gasteiger partial charge in [0.05, 0.1) is 5.71 Å². The number of carbonyl (C=O) groups excluding carboxylic acids is 1. The first-order chi connectivity index (χ1) is 20.2. The maximum Gasteiger partial charge on any atom is 0.472 e. The van der Waals surface area contributed by atoms with Gasteiger partial charge >= 0.3 is 7.82 Å². The van der Waals surface area contributed by atoms with Gasteiger partial charge in [-0.2, -0.15) is 0 Å². The number of ether oxygens (including phenoxy) is 1. The molecule has 10 nitrogen and oxygen atoms in total. The molecule has 2 fully saturated rings. The number of oxime groups is 1. The Bertz CT molecular complexity index is 1430. The first kappa shape index (κ1) is 32.1. The molecule has 0 saturated heterocycles. The van der Waals surface area contributed by atoms with Crippen molar-refractivity contribution in [3.8, 4) is 5.75 Å². The molecule has 0 aliphatic heterocycles. The van der Waals surface area contributed by atoms with E-state index in [1.165, 1.54) is 22.5 Å². The lowest BCUT2D eigenvalue weighted by atomic mass is 9.53. The van der Waals surface area contributed by atoms with Crippen LogP contribution in [0.15, 0.2) is 23.5 Å². The average molecular weight is 634 g/mol. The van der Waals surface area contributed by atoms with Crippen molar-refractivity contribution in [2.24, 2.45) is 28.3 Å². The number of hydrogen-bond donors (Lipinski definition) is 3. The largest absolute Gasteiger partial charge is 0.472 e. The van der Waals surface area contributed by atoms with Crippen LogP contribution in [-0.4, -0.2) is 40.3 Å². The number of carbonyl (C=O) groups is 1. The van der Waals surface area contributed by atoms with Crippen LogP contribution in [0.5, 0.6) is 5.75 Å². The van der Waals surface area contributed by atoms with E-state index in [1.54, 1.807) is 13.3 Å². The standard InChI is InChI=1S/C31H44N3O7PS/c1-18-16-32-29(43-18)33-27(35)10-8-20-14-26(34-39-6)31(5)12-11-21-22(28(20)31)9-7-19-13-25(40-17-41-42(36,37)38)24(15-23(19)21)30(2,3)4/h13,15-16,20-22,28H,7-12,14,17H2,1-6H3,(H,32,33,35)(H2,36,37,38)/t20?,21?,22?,28?,31-/m1/s1. The molecular formula is C31H44N3O7PS. The monoisotopic (exact) mass is 633 g/mol. The highest BCUT2D eigenvalue weighted by Crippen LogP contribution is 2.63. The Kier molecular flexibility index (Phi) is 9.14. The molecular weight excluding hydrogens is 589 g/mol. The fraction of sp³-hybridized carbons (Fsp3) is 0.645. The molecule has 0 radical (unpaired) electrons. The number of rotatable bonds is 9. The lowest BCUT2D eigenvalue weighted by Gasteiger charge is -2.50. The van der Waals surface area contributed by atoms with E-state index in [4.69, 9.17) is 19.4 Å². The number of anilines is 1. The SMILES string of the molecule is CON=C1CC(CCC(=O)Nc2ncc(C)s2)C2C3CCc4cc(OCOP(=O)(O)O)c(C(C)(C)C)cc4C3CC[C@]12C. The predicted molar refractivity (Wildman–Crippen MR) is 166 cm³/mol. The van der Waals surface area contributed by atoms with E-state index in [2.05, 4.69) is 59.8 Å². The third-order valence-corrected chi connectivity index (χ3v) is 11.0. The predicted octanol–water partition coefficient (Wildman–Crippen LogP) is 6.70. The first-order valence-electron chi connectivity index (χ1n) is 15.0. The summed E-state index contributed by atoms with van der Waals surface area (Å²) in [6.45, 7) is 10.1. The number of nitrogens with zero attached hydrogens (tertiary/aromatic N) is 2. The van der Waals surface area contributed by atoms with E-state index >= 15 is 0 Å². The molecule has 43 heavy (non-hydrogen) atoms. The van der Waals surface area contributed by atoms with Gasteiger partial charge < -0.3 is 24.7 Å². The van der Waals surface area contributed by atoms with Gasteiger partial charge in [-0.15, -0.1) is 11.3 Å². The summed E-state index contributed by atoms with van der Waals surface area (Å²) < 4.78 is 21.6. The van der Waals surface area contributed by atoms with Gasteiger partial charge in [-0.1, -0.05) is 38.9 Å². The average Bonchev–Trinajstić information content (AvgIpc) is 3.45. The minimum atomic E-state index is -4.63. The molecule has 4 unspecified atom stereocenters. The van der Waals surface area contributed by atoms with Crippen molar-refractivity contribution in [2.75, 3.05) is 19.2 Å². The zero-order chi connectivity index (χ0) is 31.2. The highest BCUT2D eigenvalue weighted by molar-refractivity contribution is 7.46. The lowest BCUT2D eigenvalue weighted by Crippen LogP contribution is -2.44. The number of benzene rings is 1. The second kappa shape index (κ2) is 12.2. The van der Waals surface area contributed by atoms with Crippen molar-refractivity contribution >= 4 is 35.9 Å². The highest BCUT2D eigenvalue weighted by atomic mass is 32.1. The number of aromatic nitrogens is 1. The van der Waals surface area contributed by atoms with E-state index in [1.807, 2.05) is 6.92 Å². The van der Waals surface area contributed by atoms with Crippen molar-refractivity contribution in [1.82, 2.24) is 4.98 Å². The summed E-state index contributed by atoms with van der Waals surface area (Å²) in [5, 5.41) is 8.16. The number of thiazole rings is 1. The summed E-state index contributed by atoms with van der Waals surface area (Å²) in [7, 11) is -3.02. The topological polar surface area (TPSA) is 140 Å². The van der Waals surface area contributed by atoms with Gasteiger partial charge in [0.25, 0.3) is 0 Å². The number of phosphoric ester groups is 1. The molecule has 3 N–H and O–H groups in total. The van der Waals surface area contributed by atoms with Crippen LogP contribution in [0.4, 0.5) is 5.13 Å². The van der Waals surface area contributed by atoms with Crippen LogP contribution in [-0.2, 0) is 30.6 Å². The van der Waals surface area contributed by atoms with Crippen LogP contribution in [0.2, 0.25) is 0 Å². The van der Waals surface area contributed by atoms with Gasteiger partial charge in [0.1, 0.15) is 12.9 Å². The van der Waals surface area contributed by atoms with Crippen LogP contribution in [0.3, 0.4) is 0 Å². The first-order valence-corrected chi connectivity index (χ1v) is 17.4. The van der Waals surface area contributed by atoms with Crippen molar-refractivity contribution < 1.29 is 33.2 Å². The van der Waals surface area contributed by atoms with Gasteiger partial charge in [0.15, 0.2) is 11.9 Å². The second-order valence-corrected chi connectivity index (χ2v) is 16.0. The Balaban J connectivity index is 1.41. The highest BCUT2D eigenvalue weighted by Gasteiger charge is 2.57. The van der Waals surface area contributed by atoms with Crippen LogP contribution >= 0.6 is 19.2 Å². The molecule has 0 bridgehead atoms. The number of phosphoric acid groups is 1. The Morgan fingerprint density at radius 3 is 2.70 bits per heavy atom. The van der Waals surface area contributed by atoms with E-state index in [-0.39, 0.29) is 16.7 Å². The second-order valence-electron chi connectivity index (χ2n) is 13.5. The van der Waals surface area contributed by atoms with E-state index in [0.29, 0.717) is 41.0 Å². The molecule has 5 atom stereocenters. The Morgan fingerprint density at radius 1 is 1.28 bits per heavy atom. The molecule has 12 heteroatoms. The van der Waals surface area contributed by atoms with Gasteiger partial charge in [0.2, 0.25) is 5.91 Å².